The highest BCUT2D eigenvalue weighted by Crippen LogP contribution is 2.29. The first-order valence-corrected chi connectivity index (χ1v) is 9.62. The molecule has 3 aromatic rings. The quantitative estimate of drug-likeness (QED) is 0.660. The zero-order valence-corrected chi connectivity index (χ0v) is 16.6. The summed E-state index contributed by atoms with van der Waals surface area (Å²) in [5, 5.41) is 11.1. The minimum absolute atomic E-state index is 0.0677. The Balaban J connectivity index is 1.49. The molecule has 8 nitrogen and oxygen atoms in total. The third-order valence-corrected chi connectivity index (χ3v) is 5.50. The number of fused-ring (bicyclic) bond motifs is 1. The lowest BCUT2D eigenvalue weighted by molar-refractivity contribution is -0.148. The lowest BCUT2D eigenvalue weighted by Gasteiger charge is -2.38. The van der Waals surface area contributed by atoms with Crippen LogP contribution in [0.5, 0.6) is 0 Å². The SMILES string of the molecule is COC(=O)C(c1ccccc1Cl)N1CCN(C(=O)c2ccc3n[nH]nc3c2)CC1. The highest BCUT2D eigenvalue weighted by atomic mass is 35.5. The van der Waals surface area contributed by atoms with E-state index in [9.17, 15) is 9.59 Å². The Labute approximate surface area is 172 Å². The molecule has 2 heterocycles. The van der Waals surface area contributed by atoms with Crippen LogP contribution in [0.1, 0.15) is 22.0 Å². The molecule has 1 aromatic heterocycles. The first-order valence-electron chi connectivity index (χ1n) is 9.24. The summed E-state index contributed by atoms with van der Waals surface area (Å²) in [4.78, 5) is 29.1. The number of aromatic nitrogens is 3. The largest absolute Gasteiger partial charge is 0.468 e. The number of esters is 1. The summed E-state index contributed by atoms with van der Waals surface area (Å²) in [7, 11) is 1.37. The van der Waals surface area contributed by atoms with Gasteiger partial charge >= 0.3 is 5.97 Å². The van der Waals surface area contributed by atoms with Crippen LogP contribution in [0.25, 0.3) is 11.0 Å². The van der Waals surface area contributed by atoms with Crippen molar-refractivity contribution in [1.29, 1.82) is 0 Å². The number of aromatic amines is 1. The van der Waals surface area contributed by atoms with Crippen molar-refractivity contribution in [3.63, 3.8) is 0 Å². The molecule has 0 aliphatic carbocycles. The van der Waals surface area contributed by atoms with Gasteiger partial charge in [-0.2, -0.15) is 15.4 Å². The van der Waals surface area contributed by atoms with Crippen molar-refractivity contribution in [3.8, 4) is 0 Å². The van der Waals surface area contributed by atoms with Gasteiger partial charge in [0.25, 0.3) is 5.91 Å². The number of halogens is 1. The Bertz CT molecular complexity index is 1050. The molecule has 150 valence electrons. The molecule has 1 atom stereocenters. The van der Waals surface area contributed by atoms with Crippen LogP contribution in [0.3, 0.4) is 0 Å². The summed E-state index contributed by atoms with van der Waals surface area (Å²) in [6, 6.07) is 11.9. The summed E-state index contributed by atoms with van der Waals surface area (Å²) in [5.41, 5.74) is 2.64. The third-order valence-electron chi connectivity index (χ3n) is 5.15. The smallest absolute Gasteiger partial charge is 0.327 e. The van der Waals surface area contributed by atoms with Gasteiger partial charge in [0.15, 0.2) is 0 Å². The zero-order valence-electron chi connectivity index (χ0n) is 15.8. The molecule has 1 saturated heterocycles. The average Bonchev–Trinajstić information content (AvgIpc) is 3.23. The summed E-state index contributed by atoms with van der Waals surface area (Å²) in [6.45, 7) is 2.05. The van der Waals surface area contributed by atoms with E-state index in [1.165, 1.54) is 7.11 Å². The second-order valence-corrected chi connectivity index (χ2v) is 7.21. The minimum atomic E-state index is -0.600. The lowest BCUT2D eigenvalue weighted by Crippen LogP contribution is -2.51. The van der Waals surface area contributed by atoms with Gasteiger partial charge in [0.1, 0.15) is 17.1 Å². The Morgan fingerprint density at radius 2 is 1.79 bits per heavy atom. The molecular weight excluding hydrogens is 394 g/mol. The van der Waals surface area contributed by atoms with Crippen LogP contribution in [0.4, 0.5) is 0 Å². The highest BCUT2D eigenvalue weighted by molar-refractivity contribution is 6.31. The van der Waals surface area contributed by atoms with E-state index in [1.54, 1.807) is 29.2 Å². The Kier molecular flexibility index (Phi) is 5.46. The Morgan fingerprint density at radius 1 is 1.07 bits per heavy atom. The summed E-state index contributed by atoms with van der Waals surface area (Å²) in [6.07, 6.45) is 0. The van der Waals surface area contributed by atoms with Crippen molar-refractivity contribution in [2.24, 2.45) is 0 Å². The number of H-pyrrole nitrogens is 1. The lowest BCUT2D eigenvalue weighted by atomic mass is 10.0. The van der Waals surface area contributed by atoms with Gasteiger partial charge in [-0.3, -0.25) is 9.69 Å². The molecule has 1 aliphatic heterocycles. The number of carbonyl (C=O) groups excluding carboxylic acids is 2. The van der Waals surface area contributed by atoms with Crippen LogP contribution < -0.4 is 0 Å². The number of ether oxygens (including phenoxy) is 1. The third kappa shape index (κ3) is 3.81. The number of hydrogen-bond donors (Lipinski definition) is 1. The van der Waals surface area contributed by atoms with Gasteiger partial charge in [-0.25, -0.2) is 4.79 Å². The number of nitrogens with one attached hydrogen (secondary N) is 1. The number of amides is 1. The van der Waals surface area contributed by atoms with Crippen molar-refractivity contribution in [3.05, 3.63) is 58.6 Å². The van der Waals surface area contributed by atoms with Gasteiger partial charge in [0, 0.05) is 36.8 Å². The van der Waals surface area contributed by atoms with Crippen molar-refractivity contribution >= 4 is 34.5 Å². The Hall–Kier alpha value is -2.97. The second kappa shape index (κ2) is 8.18. The molecule has 9 heteroatoms. The van der Waals surface area contributed by atoms with E-state index in [1.807, 2.05) is 23.1 Å². The average molecular weight is 414 g/mol. The normalized spacial score (nSPS) is 16.0. The van der Waals surface area contributed by atoms with E-state index >= 15 is 0 Å². The van der Waals surface area contributed by atoms with Crippen LogP contribution in [-0.4, -0.2) is 70.4 Å². The fourth-order valence-electron chi connectivity index (χ4n) is 3.62. The fourth-order valence-corrected chi connectivity index (χ4v) is 3.86. The van der Waals surface area contributed by atoms with E-state index in [2.05, 4.69) is 15.4 Å². The number of rotatable bonds is 4. The molecule has 0 radical (unpaired) electrons. The molecular formula is C20H20ClN5O3. The predicted molar refractivity (Wildman–Crippen MR) is 108 cm³/mol. The number of methoxy groups -OCH3 is 1. The van der Waals surface area contributed by atoms with Crippen molar-refractivity contribution in [2.45, 2.75) is 6.04 Å². The van der Waals surface area contributed by atoms with Crippen LogP contribution in [0, 0.1) is 0 Å². The predicted octanol–water partition coefficient (Wildman–Crippen LogP) is 2.28. The number of carbonyl (C=O) groups is 2. The maximum absolute atomic E-state index is 12.9. The number of piperazine rings is 1. The minimum Gasteiger partial charge on any atom is -0.468 e. The van der Waals surface area contributed by atoms with E-state index in [-0.39, 0.29) is 11.9 Å². The van der Waals surface area contributed by atoms with E-state index < -0.39 is 6.04 Å². The highest BCUT2D eigenvalue weighted by Gasteiger charge is 2.33. The second-order valence-electron chi connectivity index (χ2n) is 6.80. The van der Waals surface area contributed by atoms with E-state index in [0.717, 1.165) is 0 Å². The Morgan fingerprint density at radius 3 is 2.52 bits per heavy atom. The summed E-state index contributed by atoms with van der Waals surface area (Å²) in [5.74, 6) is -0.434. The molecule has 29 heavy (non-hydrogen) atoms. The monoisotopic (exact) mass is 413 g/mol. The van der Waals surface area contributed by atoms with Crippen molar-refractivity contribution in [2.75, 3.05) is 33.3 Å². The van der Waals surface area contributed by atoms with E-state index in [4.69, 9.17) is 16.3 Å². The molecule has 0 bridgehead atoms. The van der Waals surface area contributed by atoms with Crippen LogP contribution >= 0.6 is 11.6 Å². The summed E-state index contributed by atoms with van der Waals surface area (Å²) < 4.78 is 5.02. The van der Waals surface area contributed by atoms with Crippen LogP contribution in [0.15, 0.2) is 42.5 Å². The fraction of sp³-hybridized carbons (Fsp3) is 0.300. The van der Waals surface area contributed by atoms with Gasteiger partial charge < -0.3 is 9.64 Å². The summed E-state index contributed by atoms with van der Waals surface area (Å²) >= 11 is 6.32. The number of hydrogen-bond acceptors (Lipinski definition) is 6. The van der Waals surface area contributed by atoms with Crippen LogP contribution in [-0.2, 0) is 9.53 Å². The van der Waals surface area contributed by atoms with Gasteiger partial charge in [0.2, 0.25) is 0 Å². The maximum Gasteiger partial charge on any atom is 0.327 e. The first kappa shape index (κ1) is 19.4. The molecule has 2 aromatic carbocycles. The van der Waals surface area contributed by atoms with Crippen LogP contribution in [0.2, 0.25) is 5.02 Å². The van der Waals surface area contributed by atoms with Gasteiger partial charge in [-0.1, -0.05) is 29.8 Å². The molecule has 1 amide bonds. The zero-order chi connectivity index (χ0) is 20.4. The van der Waals surface area contributed by atoms with Gasteiger partial charge in [-0.15, -0.1) is 0 Å². The first-order chi connectivity index (χ1) is 14.1. The van der Waals surface area contributed by atoms with Gasteiger partial charge in [0.05, 0.1) is 7.11 Å². The van der Waals surface area contributed by atoms with Gasteiger partial charge in [-0.05, 0) is 29.8 Å². The molecule has 1 aliphatic rings. The molecule has 0 spiro atoms. The topological polar surface area (TPSA) is 91.4 Å². The molecule has 1 unspecified atom stereocenters. The number of benzene rings is 2. The molecule has 4 rings (SSSR count). The molecule has 0 saturated carbocycles. The van der Waals surface area contributed by atoms with Crippen molar-refractivity contribution < 1.29 is 14.3 Å². The molecule has 1 N–H and O–H groups in total. The number of nitrogens with zero attached hydrogens (tertiary/aromatic N) is 4. The standard InChI is InChI=1S/C20H20ClN5O3/c1-29-20(28)18(14-4-2-3-5-15(14)21)25-8-10-26(11-9-25)19(27)13-6-7-16-17(12-13)23-24-22-16/h2-7,12,18H,8-11H2,1H3,(H,22,23,24). The van der Waals surface area contributed by atoms with E-state index in [0.29, 0.717) is 53.4 Å². The van der Waals surface area contributed by atoms with Crippen molar-refractivity contribution in [1.82, 2.24) is 25.2 Å². The maximum atomic E-state index is 12.9. The molecule has 1 fully saturated rings.